The molecule has 1 aliphatic carbocycles. The van der Waals surface area contributed by atoms with Crippen molar-refractivity contribution in [1.82, 2.24) is 0 Å². The largest absolute Gasteiger partial charge is 0.396 e. The topological polar surface area (TPSA) is 74.6 Å². The van der Waals surface area contributed by atoms with Crippen LogP contribution in [0.4, 0.5) is 0 Å². The van der Waals surface area contributed by atoms with Crippen LogP contribution in [0.5, 0.6) is 0 Å². The van der Waals surface area contributed by atoms with Gasteiger partial charge in [-0.3, -0.25) is 9.59 Å². The average Bonchev–Trinajstić information content (AvgIpc) is 2.51. The van der Waals surface area contributed by atoms with Crippen LogP contribution in [0.1, 0.15) is 36.2 Å². The molecule has 1 aliphatic rings. The van der Waals surface area contributed by atoms with Crippen LogP contribution in [-0.2, 0) is 10.4 Å². The van der Waals surface area contributed by atoms with Crippen LogP contribution >= 0.6 is 0 Å². The molecule has 0 spiro atoms. The van der Waals surface area contributed by atoms with Gasteiger partial charge < -0.3 is 10.2 Å². The third-order valence-electron chi connectivity index (χ3n) is 4.38. The van der Waals surface area contributed by atoms with Crippen molar-refractivity contribution in [3.05, 3.63) is 59.2 Å². The molecule has 4 heteroatoms. The highest BCUT2D eigenvalue weighted by molar-refractivity contribution is 6.00. The van der Waals surface area contributed by atoms with Crippen molar-refractivity contribution >= 4 is 12.1 Å². The Morgan fingerprint density at radius 2 is 2.05 bits per heavy atom. The number of ketones is 1. The van der Waals surface area contributed by atoms with Crippen LogP contribution in [0.25, 0.3) is 0 Å². The molecule has 1 aromatic carbocycles. The zero-order chi connectivity index (χ0) is 16.4. The van der Waals surface area contributed by atoms with E-state index in [1.165, 1.54) is 6.08 Å². The lowest BCUT2D eigenvalue weighted by Gasteiger charge is -2.46. The van der Waals surface area contributed by atoms with Crippen molar-refractivity contribution < 1.29 is 19.8 Å². The minimum Gasteiger partial charge on any atom is -0.396 e. The molecule has 0 saturated heterocycles. The maximum atomic E-state index is 12.3. The van der Waals surface area contributed by atoms with E-state index < -0.39 is 11.0 Å². The van der Waals surface area contributed by atoms with E-state index >= 15 is 0 Å². The third-order valence-corrected chi connectivity index (χ3v) is 4.38. The van der Waals surface area contributed by atoms with Gasteiger partial charge in [-0.1, -0.05) is 37.3 Å². The summed E-state index contributed by atoms with van der Waals surface area (Å²) >= 11 is 0. The predicted octanol–water partition coefficient (Wildman–Crippen LogP) is 2.16. The first kappa shape index (κ1) is 16.3. The molecule has 2 N–H and O–H groups in total. The number of allylic oxidation sites excluding steroid dienone is 3. The summed E-state index contributed by atoms with van der Waals surface area (Å²) in [6, 6.07) is 6.88. The van der Waals surface area contributed by atoms with Crippen LogP contribution in [0.15, 0.2) is 48.1 Å². The number of aliphatic hydroxyl groups excluding tert-OH is 1. The number of rotatable bonds is 4. The minimum atomic E-state index is -1.48. The van der Waals surface area contributed by atoms with Gasteiger partial charge in [0.25, 0.3) is 0 Å². The van der Waals surface area contributed by atoms with Crippen molar-refractivity contribution in [2.24, 2.45) is 5.41 Å². The lowest BCUT2D eigenvalue weighted by Crippen LogP contribution is -2.50. The zero-order valence-corrected chi connectivity index (χ0v) is 12.7. The SMILES string of the molecule is CC(=C/C=O)/C=C/[C@@]1(O)c2ccccc2C(=O)C[C@]1(C)CO. The van der Waals surface area contributed by atoms with E-state index in [0.717, 1.165) is 0 Å². The normalized spacial score (nSPS) is 28.7. The summed E-state index contributed by atoms with van der Waals surface area (Å²) in [6.07, 6.45) is 5.31. The van der Waals surface area contributed by atoms with Gasteiger partial charge in [-0.05, 0) is 30.2 Å². The van der Waals surface area contributed by atoms with E-state index in [1.807, 2.05) is 0 Å². The van der Waals surface area contributed by atoms with Crippen molar-refractivity contribution in [2.45, 2.75) is 25.9 Å². The molecule has 0 fully saturated rings. The second-order valence-electron chi connectivity index (χ2n) is 6.01. The summed E-state index contributed by atoms with van der Waals surface area (Å²) in [4.78, 5) is 22.8. The number of carbonyl (C=O) groups excluding carboxylic acids is 2. The molecule has 0 radical (unpaired) electrons. The maximum Gasteiger partial charge on any atom is 0.164 e. The van der Waals surface area contributed by atoms with E-state index in [2.05, 4.69) is 0 Å². The minimum absolute atomic E-state index is 0.0534. The fourth-order valence-corrected chi connectivity index (χ4v) is 2.85. The van der Waals surface area contributed by atoms with E-state index in [4.69, 9.17) is 0 Å². The Labute approximate surface area is 129 Å². The van der Waals surface area contributed by atoms with Crippen molar-refractivity contribution in [3.63, 3.8) is 0 Å². The number of carbonyl (C=O) groups is 2. The van der Waals surface area contributed by atoms with E-state index in [0.29, 0.717) is 23.0 Å². The monoisotopic (exact) mass is 300 g/mol. The fraction of sp³-hybridized carbons (Fsp3) is 0.333. The molecule has 0 heterocycles. The molecule has 4 nitrogen and oxygen atoms in total. The van der Waals surface area contributed by atoms with E-state index in [1.54, 1.807) is 50.3 Å². The first-order valence-corrected chi connectivity index (χ1v) is 7.15. The summed E-state index contributed by atoms with van der Waals surface area (Å²) in [5, 5.41) is 21.0. The third kappa shape index (κ3) is 2.56. The Morgan fingerprint density at radius 3 is 2.68 bits per heavy atom. The number of aliphatic hydroxyl groups is 2. The molecule has 2 rings (SSSR count). The molecular formula is C18H20O4. The molecule has 0 bridgehead atoms. The van der Waals surface area contributed by atoms with Crippen LogP contribution in [0.3, 0.4) is 0 Å². The van der Waals surface area contributed by atoms with Gasteiger partial charge in [-0.15, -0.1) is 0 Å². The van der Waals surface area contributed by atoms with Crippen molar-refractivity contribution in [3.8, 4) is 0 Å². The number of fused-ring (bicyclic) bond motifs is 1. The predicted molar refractivity (Wildman–Crippen MR) is 83.4 cm³/mol. The van der Waals surface area contributed by atoms with Gasteiger partial charge in [0.2, 0.25) is 0 Å². The number of hydrogen-bond donors (Lipinski definition) is 2. The number of hydrogen-bond acceptors (Lipinski definition) is 4. The average molecular weight is 300 g/mol. The molecule has 22 heavy (non-hydrogen) atoms. The smallest absolute Gasteiger partial charge is 0.164 e. The van der Waals surface area contributed by atoms with Crippen LogP contribution in [0.2, 0.25) is 0 Å². The Morgan fingerprint density at radius 1 is 1.36 bits per heavy atom. The molecule has 0 amide bonds. The Kier molecular flexibility index (Phi) is 4.44. The molecule has 0 unspecified atom stereocenters. The quantitative estimate of drug-likeness (QED) is 0.507. The number of Topliss-reactive ketones (excluding diaryl/α,β-unsaturated/α-hetero) is 1. The Hall–Kier alpha value is -2.04. The van der Waals surface area contributed by atoms with Crippen LogP contribution < -0.4 is 0 Å². The second-order valence-corrected chi connectivity index (χ2v) is 6.01. The zero-order valence-electron chi connectivity index (χ0n) is 12.7. The first-order chi connectivity index (χ1) is 10.4. The molecule has 116 valence electrons. The van der Waals surface area contributed by atoms with E-state index in [-0.39, 0.29) is 18.8 Å². The van der Waals surface area contributed by atoms with Crippen LogP contribution in [-0.4, -0.2) is 28.9 Å². The molecule has 0 aliphatic heterocycles. The lowest BCUT2D eigenvalue weighted by molar-refractivity contribution is -0.104. The molecule has 1 aromatic rings. The van der Waals surface area contributed by atoms with Crippen LogP contribution in [0, 0.1) is 5.41 Å². The molecular weight excluding hydrogens is 280 g/mol. The Balaban J connectivity index is 2.62. The highest BCUT2D eigenvalue weighted by atomic mass is 16.3. The first-order valence-electron chi connectivity index (χ1n) is 7.15. The molecule has 0 saturated carbocycles. The summed E-state index contributed by atoms with van der Waals surface area (Å²) in [5.41, 5.74) is -0.866. The van der Waals surface area contributed by atoms with Gasteiger partial charge >= 0.3 is 0 Å². The number of benzene rings is 1. The number of aldehydes is 1. The summed E-state index contributed by atoms with van der Waals surface area (Å²) < 4.78 is 0. The Bertz CT molecular complexity index is 659. The van der Waals surface area contributed by atoms with Gasteiger partial charge in [0.1, 0.15) is 11.9 Å². The van der Waals surface area contributed by atoms with Crippen molar-refractivity contribution in [1.29, 1.82) is 0 Å². The second kappa shape index (κ2) is 5.99. The van der Waals surface area contributed by atoms with Gasteiger partial charge in [-0.2, -0.15) is 0 Å². The maximum absolute atomic E-state index is 12.3. The highest BCUT2D eigenvalue weighted by Crippen LogP contribution is 2.49. The standard InChI is InChI=1S/C18H20O4/c1-13(8-10-19)7-9-18(22)15-6-4-3-5-14(15)16(21)11-17(18,2)12-20/h3-10,20,22H,11-12H2,1-2H3/b9-7+,13-8-/t17-,18-/m1/s1. The summed E-state index contributed by atoms with van der Waals surface area (Å²) in [7, 11) is 0. The lowest BCUT2D eigenvalue weighted by atomic mass is 9.61. The van der Waals surface area contributed by atoms with E-state index in [9.17, 15) is 19.8 Å². The highest BCUT2D eigenvalue weighted by Gasteiger charge is 2.52. The summed E-state index contributed by atoms with van der Waals surface area (Å²) in [5.74, 6) is -0.0922. The van der Waals surface area contributed by atoms with Crippen molar-refractivity contribution in [2.75, 3.05) is 6.61 Å². The molecule has 2 atom stereocenters. The van der Waals surface area contributed by atoms with Gasteiger partial charge in [0.05, 0.1) is 6.61 Å². The molecule has 0 aromatic heterocycles. The summed E-state index contributed by atoms with van der Waals surface area (Å²) in [6.45, 7) is 3.10. The van der Waals surface area contributed by atoms with Gasteiger partial charge in [0.15, 0.2) is 5.78 Å². The van der Waals surface area contributed by atoms with Gasteiger partial charge in [0, 0.05) is 17.4 Å². The van der Waals surface area contributed by atoms with Gasteiger partial charge in [-0.25, -0.2) is 0 Å². The fourth-order valence-electron chi connectivity index (χ4n) is 2.85.